The van der Waals surface area contributed by atoms with Gasteiger partial charge >= 0.3 is 5.97 Å². The Morgan fingerprint density at radius 3 is 2.63 bits per heavy atom. The second kappa shape index (κ2) is 10.0. The lowest BCUT2D eigenvalue weighted by Gasteiger charge is -2.14. The number of anilines is 1. The van der Waals surface area contributed by atoms with Crippen LogP contribution in [0.15, 0.2) is 64.5 Å². The molecule has 1 fully saturated rings. The van der Waals surface area contributed by atoms with Crippen molar-refractivity contribution < 1.29 is 14.3 Å². The highest BCUT2D eigenvalue weighted by molar-refractivity contribution is 9.10. The zero-order valence-electron chi connectivity index (χ0n) is 18.6. The van der Waals surface area contributed by atoms with E-state index >= 15 is 0 Å². The maximum atomic E-state index is 12.7. The quantitative estimate of drug-likeness (QED) is 0.209. The number of aromatic nitrogens is 3. The van der Waals surface area contributed by atoms with Crippen LogP contribution in [0.1, 0.15) is 34.7 Å². The Labute approximate surface area is 219 Å². The summed E-state index contributed by atoms with van der Waals surface area (Å²) in [6.07, 6.45) is 2.45. The van der Waals surface area contributed by atoms with Gasteiger partial charge in [0.15, 0.2) is 5.16 Å². The van der Waals surface area contributed by atoms with Gasteiger partial charge in [0.05, 0.1) is 34.8 Å². The van der Waals surface area contributed by atoms with Crippen molar-refractivity contribution in [1.29, 1.82) is 0 Å². The van der Waals surface area contributed by atoms with Crippen LogP contribution in [-0.2, 0) is 9.53 Å². The minimum Gasteiger partial charge on any atom is -0.465 e. The zero-order valence-corrected chi connectivity index (χ0v) is 21.8. The molecular formula is C25H20BrClN4O3S. The first-order chi connectivity index (χ1) is 17.0. The highest BCUT2D eigenvalue weighted by Gasteiger charge is 2.26. The molecule has 1 heterocycles. The minimum atomic E-state index is -0.497. The maximum Gasteiger partial charge on any atom is 0.337 e. The van der Waals surface area contributed by atoms with E-state index in [9.17, 15) is 9.59 Å². The van der Waals surface area contributed by atoms with E-state index in [1.165, 1.54) is 48.7 Å². The molecule has 0 atom stereocenters. The van der Waals surface area contributed by atoms with Gasteiger partial charge in [0.25, 0.3) is 0 Å². The van der Waals surface area contributed by atoms with Crippen LogP contribution in [0.25, 0.3) is 16.5 Å². The number of ether oxygens (including phenoxy) is 1. The largest absolute Gasteiger partial charge is 0.465 e. The molecular weight excluding hydrogens is 552 g/mol. The molecule has 1 amide bonds. The third-order valence-corrected chi connectivity index (χ3v) is 7.54. The van der Waals surface area contributed by atoms with Gasteiger partial charge in [-0.15, -0.1) is 10.2 Å². The van der Waals surface area contributed by atoms with Gasteiger partial charge in [-0.2, -0.15) is 0 Å². The number of carbonyl (C=O) groups excluding carboxylic acids is 2. The smallest absolute Gasteiger partial charge is 0.337 e. The molecule has 7 nitrogen and oxygen atoms in total. The van der Waals surface area contributed by atoms with E-state index in [-0.39, 0.29) is 16.7 Å². The molecule has 1 aliphatic rings. The standard InChI is InChI=1S/C25H20BrClN4O3S/c1-34-23(33)15-8-10-20(19(27)12-15)28-22(32)13-35-25-30-29-24(26)31(25)21-11-9-16(14-6-7-14)17-4-2-3-5-18(17)21/h2-5,8-12,14H,6-7,13H2,1H3,(H,28,32). The van der Waals surface area contributed by atoms with Crippen molar-refractivity contribution in [3.63, 3.8) is 0 Å². The summed E-state index contributed by atoms with van der Waals surface area (Å²) in [6, 6.07) is 17.2. The molecule has 1 aliphatic carbocycles. The lowest BCUT2D eigenvalue weighted by atomic mass is 9.99. The van der Waals surface area contributed by atoms with E-state index < -0.39 is 5.97 Å². The molecule has 1 N–H and O–H groups in total. The topological polar surface area (TPSA) is 86.1 Å². The van der Waals surface area contributed by atoms with Crippen LogP contribution in [0.4, 0.5) is 5.69 Å². The zero-order chi connectivity index (χ0) is 24.5. The second-order valence-electron chi connectivity index (χ2n) is 8.10. The molecule has 5 rings (SSSR count). The fraction of sp³-hybridized carbons (Fsp3) is 0.200. The van der Waals surface area contributed by atoms with Crippen molar-refractivity contribution in [3.05, 3.63) is 75.5 Å². The third kappa shape index (κ3) is 4.94. The molecule has 1 aromatic heterocycles. The maximum absolute atomic E-state index is 12.7. The highest BCUT2D eigenvalue weighted by atomic mass is 79.9. The average Bonchev–Trinajstić information content (AvgIpc) is 3.65. The lowest BCUT2D eigenvalue weighted by Crippen LogP contribution is -2.15. The predicted molar refractivity (Wildman–Crippen MR) is 141 cm³/mol. The molecule has 178 valence electrons. The van der Waals surface area contributed by atoms with Crippen LogP contribution in [-0.4, -0.2) is 39.5 Å². The van der Waals surface area contributed by atoms with E-state index in [1.54, 1.807) is 12.1 Å². The number of nitrogens with one attached hydrogen (secondary N) is 1. The Bertz CT molecular complexity index is 1450. The van der Waals surface area contributed by atoms with Gasteiger partial charge in [-0.25, -0.2) is 4.79 Å². The van der Waals surface area contributed by atoms with E-state index in [2.05, 4.69) is 61.8 Å². The molecule has 0 saturated heterocycles. The Morgan fingerprint density at radius 1 is 1.14 bits per heavy atom. The number of fused-ring (bicyclic) bond motifs is 1. The number of nitrogens with zero attached hydrogens (tertiary/aromatic N) is 3. The third-order valence-electron chi connectivity index (χ3n) is 5.78. The molecule has 10 heteroatoms. The van der Waals surface area contributed by atoms with Crippen molar-refractivity contribution in [2.24, 2.45) is 0 Å². The van der Waals surface area contributed by atoms with Crippen LogP contribution in [0.3, 0.4) is 0 Å². The Hall–Kier alpha value is -2.88. The van der Waals surface area contributed by atoms with Crippen molar-refractivity contribution in [2.45, 2.75) is 23.9 Å². The molecule has 1 saturated carbocycles. The second-order valence-corrected chi connectivity index (χ2v) is 10.2. The van der Waals surface area contributed by atoms with Gasteiger partial charge in [0, 0.05) is 5.39 Å². The molecule has 0 aliphatic heterocycles. The van der Waals surface area contributed by atoms with Crippen molar-refractivity contribution >= 4 is 67.6 Å². The van der Waals surface area contributed by atoms with Gasteiger partial charge in [0.2, 0.25) is 10.6 Å². The summed E-state index contributed by atoms with van der Waals surface area (Å²) in [6.45, 7) is 0. The SMILES string of the molecule is COC(=O)c1ccc(NC(=O)CSc2nnc(Br)n2-c2ccc(C3CC3)c3ccccc23)c(Cl)c1. The van der Waals surface area contributed by atoms with Crippen LogP contribution in [0.2, 0.25) is 5.02 Å². The molecule has 4 aromatic rings. The number of amides is 1. The minimum absolute atomic E-state index is 0.0955. The van der Waals surface area contributed by atoms with Gasteiger partial charge in [-0.3, -0.25) is 9.36 Å². The summed E-state index contributed by atoms with van der Waals surface area (Å²) in [4.78, 5) is 24.3. The number of hydrogen-bond acceptors (Lipinski definition) is 6. The number of halogens is 2. The average molecular weight is 572 g/mol. The first-order valence-electron chi connectivity index (χ1n) is 10.9. The Morgan fingerprint density at radius 2 is 1.91 bits per heavy atom. The van der Waals surface area contributed by atoms with E-state index in [4.69, 9.17) is 16.3 Å². The molecule has 0 radical (unpaired) electrons. The summed E-state index contributed by atoms with van der Waals surface area (Å²) < 4.78 is 7.16. The normalized spacial score (nSPS) is 13.1. The van der Waals surface area contributed by atoms with E-state index in [1.807, 2.05) is 10.6 Å². The van der Waals surface area contributed by atoms with Gasteiger partial charge in [-0.05, 0) is 69.9 Å². The summed E-state index contributed by atoms with van der Waals surface area (Å²) in [7, 11) is 1.30. The molecule has 35 heavy (non-hydrogen) atoms. The van der Waals surface area contributed by atoms with Crippen molar-refractivity contribution in [1.82, 2.24) is 14.8 Å². The van der Waals surface area contributed by atoms with Gasteiger partial charge in [-0.1, -0.05) is 53.7 Å². The fourth-order valence-corrected chi connectivity index (χ4v) is 5.51. The molecule has 0 unspecified atom stereocenters. The van der Waals surface area contributed by atoms with Gasteiger partial charge < -0.3 is 10.1 Å². The summed E-state index contributed by atoms with van der Waals surface area (Å²) in [5.74, 6) is -0.0344. The van der Waals surface area contributed by atoms with Crippen LogP contribution in [0, 0.1) is 0 Å². The first-order valence-corrected chi connectivity index (χ1v) is 13.1. The summed E-state index contributed by atoms with van der Waals surface area (Å²) in [5, 5.41) is 14.4. The number of carbonyl (C=O) groups is 2. The predicted octanol–water partition coefficient (Wildman–Crippen LogP) is 6.23. The van der Waals surface area contributed by atoms with Crippen molar-refractivity contribution in [2.75, 3.05) is 18.2 Å². The monoisotopic (exact) mass is 570 g/mol. The van der Waals surface area contributed by atoms with Crippen LogP contribution >= 0.6 is 39.3 Å². The number of hydrogen-bond donors (Lipinski definition) is 1. The van der Waals surface area contributed by atoms with Crippen molar-refractivity contribution in [3.8, 4) is 5.69 Å². The Balaban J connectivity index is 1.36. The summed E-state index contributed by atoms with van der Waals surface area (Å²) in [5.41, 5.74) is 3.04. The molecule has 3 aromatic carbocycles. The number of methoxy groups -OCH3 is 1. The molecule has 0 spiro atoms. The molecule has 0 bridgehead atoms. The lowest BCUT2D eigenvalue weighted by molar-refractivity contribution is -0.113. The highest BCUT2D eigenvalue weighted by Crippen LogP contribution is 2.44. The van der Waals surface area contributed by atoms with Crippen LogP contribution < -0.4 is 5.32 Å². The summed E-state index contributed by atoms with van der Waals surface area (Å²) >= 11 is 11.0. The van der Waals surface area contributed by atoms with E-state index in [0.717, 1.165) is 11.1 Å². The number of esters is 1. The number of rotatable bonds is 7. The number of thioether (sulfide) groups is 1. The number of benzene rings is 3. The van der Waals surface area contributed by atoms with Crippen LogP contribution in [0.5, 0.6) is 0 Å². The van der Waals surface area contributed by atoms with Gasteiger partial charge in [0.1, 0.15) is 0 Å². The fourth-order valence-electron chi connectivity index (χ4n) is 3.98. The van der Waals surface area contributed by atoms with E-state index in [0.29, 0.717) is 27.1 Å². The first kappa shape index (κ1) is 23.8. The Kier molecular flexibility index (Phi) is 6.82.